The number of aldehydes is 1. The van der Waals surface area contributed by atoms with Crippen LogP contribution < -0.4 is 9.47 Å². The lowest BCUT2D eigenvalue weighted by Crippen LogP contribution is -2.42. The summed E-state index contributed by atoms with van der Waals surface area (Å²) < 4.78 is 26.9. The van der Waals surface area contributed by atoms with Gasteiger partial charge in [-0.3, -0.25) is 0 Å². The fourth-order valence-electron chi connectivity index (χ4n) is 2.34. The number of methoxy groups -OCH3 is 2. The van der Waals surface area contributed by atoms with Gasteiger partial charge in [0.2, 0.25) is 0 Å². The zero-order chi connectivity index (χ0) is 24.5. The summed E-state index contributed by atoms with van der Waals surface area (Å²) in [6.07, 6.45) is 2.82. The Hall–Kier alpha value is -2.65. The largest absolute Gasteiger partial charge is 0.516 e. The summed E-state index contributed by atoms with van der Waals surface area (Å²) in [5, 5.41) is -0.142. The van der Waals surface area contributed by atoms with Crippen molar-refractivity contribution in [2.75, 3.05) is 21.0 Å². The number of ether oxygens (including phenoxy) is 4. The third kappa shape index (κ3) is 7.80. The second-order valence-corrected chi connectivity index (χ2v) is 13.5. The number of carbonyl (C=O) groups is 3. The van der Waals surface area contributed by atoms with Crippen LogP contribution in [-0.2, 0) is 23.5 Å². The number of benzene rings is 1. The van der Waals surface area contributed by atoms with Crippen LogP contribution in [0, 0.1) is 0 Å². The lowest BCUT2D eigenvalue weighted by atomic mass is 10.0. The molecule has 178 valence electrons. The lowest BCUT2D eigenvalue weighted by molar-refractivity contribution is -0.130. The molecule has 0 saturated carbocycles. The summed E-state index contributed by atoms with van der Waals surface area (Å²) in [7, 11) is 0.607. The van der Waals surface area contributed by atoms with Crippen LogP contribution in [0.3, 0.4) is 0 Å². The van der Waals surface area contributed by atoms with Gasteiger partial charge in [0, 0.05) is 25.7 Å². The van der Waals surface area contributed by atoms with Crippen LogP contribution >= 0.6 is 0 Å². The molecule has 32 heavy (non-hydrogen) atoms. The van der Waals surface area contributed by atoms with Gasteiger partial charge in [0.15, 0.2) is 6.79 Å². The molecule has 0 saturated heterocycles. The Morgan fingerprint density at radius 1 is 1.16 bits per heavy atom. The fourth-order valence-corrected chi connectivity index (χ4v) is 3.21. The molecule has 1 aromatic rings. The van der Waals surface area contributed by atoms with Crippen LogP contribution in [0.15, 0.2) is 18.2 Å². The normalized spacial score (nSPS) is 12.9. The van der Waals surface area contributed by atoms with E-state index in [0.717, 1.165) is 0 Å². The van der Waals surface area contributed by atoms with Crippen molar-refractivity contribution in [2.45, 2.75) is 58.4 Å². The molecule has 1 rings (SSSR count). The number of carbonyl (C=O) groups excluding carboxylic acids is 3. The number of rotatable bonds is 11. The number of hydrogen-bond donors (Lipinski definition) is 0. The lowest BCUT2D eigenvalue weighted by Gasteiger charge is -2.34. The molecular formula is C23H34O8Si. The molecule has 0 radical (unpaired) electrons. The Kier molecular flexibility index (Phi) is 10.1. The molecular weight excluding hydrogens is 432 g/mol. The first kappa shape index (κ1) is 27.4. The molecule has 1 aromatic carbocycles. The second-order valence-electron chi connectivity index (χ2n) is 8.77. The third-order valence-corrected chi connectivity index (χ3v) is 9.50. The summed E-state index contributed by atoms with van der Waals surface area (Å²) >= 11 is 0. The van der Waals surface area contributed by atoms with Gasteiger partial charge in [-0.2, -0.15) is 0 Å². The molecule has 0 aliphatic carbocycles. The maximum absolute atomic E-state index is 12.9. The van der Waals surface area contributed by atoms with Crippen molar-refractivity contribution in [1.82, 2.24) is 0 Å². The Labute approximate surface area is 191 Å². The van der Waals surface area contributed by atoms with Crippen molar-refractivity contribution in [2.24, 2.45) is 0 Å². The standard InChI is InChI=1S/C23H34O8Si/c1-16(11-12-24)30-22(26)21-17(13-18(28-6)14-19(21)29-15-27-5)9-10-20(25)31-32(7,8)23(2,3)4/h9-10,12-14,16H,11,15H2,1-8H3/b10-9+/t16-/m0/s1. The predicted molar refractivity (Wildman–Crippen MR) is 123 cm³/mol. The van der Waals surface area contributed by atoms with E-state index in [1.165, 1.54) is 32.4 Å². The van der Waals surface area contributed by atoms with Crippen molar-refractivity contribution in [3.63, 3.8) is 0 Å². The van der Waals surface area contributed by atoms with E-state index in [1.54, 1.807) is 13.0 Å². The highest BCUT2D eigenvalue weighted by Gasteiger charge is 2.40. The van der Waals surface area contributed by atoms with Gasteiger partial charge in [-0.1, -0.05) is 20.8 Å². The van der Waals surface area contributed by atoms with Crippen molar-refractivity contribution < 1.29 is 37.8 Å². The molecule has 0 heterocycles. The Morgan fingerprint density at radius 3 is 2.34 bits per heavy atom. The monoisotopic (exact) mass is 466 g/mol. The highest BCUT2D eigenvalue weighted by Crippen LogP contribution is 2.37. The molecule has 0 amide bonds. The maximum atomic E-state index is 12.9. The molecule has 0 aromatic heterocycles. The smallest absolute Gasteiger partial charge is 0.342 e. The molecule has 0 bridgehead atoms. The topological polar surface area (TPSA) is 97.4 Å². The molecule has 0 spiro atoms. The van der Waals surface area contributed by atoms with Gasteiger partial charge >= 0.3 is 11.9 Å². The zero-order valence-electron chi connectivity index (χ0n) is 20.1. The molecule has 9 heteroatoms. The fraction of sp³-hybridized carbons (Fsp3) is 0.522. The van der Waals surface area contributed by atoms with E-state index in [-0.39, 0.29) is 29.6 Å². The molecule has 8 nitrogen and oxygen atoms in total. The van der Waals surface area contributed by atoms with Gasteiger partial charge < -0.3 is 28.2 Å². The van der Waals surface area contributed by atoms with E-state index in [1.807, 2.05) is 33.9 Å². The summed E-state index contributed by atoms with van der Waals surface area (Å²) in [5.41, 5.74) is 0.419. The van der Waals surface area contributed by atoms with Gasteiger partial charge in [-0.15, -0.1) is 0 Å². The summed E-state index contributed by atoms with van der Waals surface area (Å²) in [6, 6.07) is 3.10. The van der Waals surface area contributed by atoms with Crippen LogP contribution in [0.5, 0.6) is 11.5 Å². The van der Waals surface area contributed by atoms with E-state index in [2.05, 4.69) is 0 Å². The molecule has 0 aliphatic rings. The molecule has 0 N–H and O–H groups in total. The number of esters is 1. The first-order valence-corrected chi connectivity index (χ1v) is 13.2. The zero-order valence-corrected chi connectivity index (χ0v) is 21.1. The minimum Gasteiger partial charge on any atom is -0.516 e. The van der Waals surface area contributed by atoms with Crippen molar-refractivity contribution in [3.8, 4) is 11.5 Å². The second kappa shape index (κ2) is 11.8. The van der Waals surface area contributed by atoms with E-state index in [9.17, 15) is 14.4 Å². The van der Waals surface area contributed by atoms with Crippen LogP contribution in [-0.4, -0.2) is 53.7 Å². The summed E-state index contributed by atoms with van der Waals surface area (Å²) in [5.74, 6) is -0.643. The van der Waals surface area contributed by atoms with E-state index in [0.29, 0.717) is 17.6 Å². The van der Waals surface area contributed by atoms with Gasteiger partial charge in [0.1, 0.15) is 29.5 Å². The minimum atomic E-state index is -2.31. The van der Waals surface area contributed by atoms with Crippen LogP contribution in [0.25, 0.3) is 6.08 Å². The highest BCUT2D eigenvalue weighted by molar-refractivity contribution is 6.75. The first-order chi connectivity index (χ1) is 14.9. The molecule has 0 aliphatic heterocycles. The average Bonchev–Trinajstić information content (AvgIpc) is 2.68. The quantitative estimate of drug-likeness (QED) is 0.156. The number of hydrogen-bond acceptors (Lipinski definition) is 8. The molecule has 0 unspecified atom stereocenters. The maximum Gasteiger partial charge on any atom is 0.342 e. The summed E-state index contributed by atoms with van der Waals surface area (Å²) in [4.78, 5) is 36.2. The van der Waals surface area contributed by atoms with Gasteiger partial charge in [-0.25, -0.2) is 9.59 Å². The Morgan fingerprint density at radius 2 is 1.81 bits per heavy atom. The van der Waals surface area contributed by atoms with Crippen molar-refractivity contribution in [1.29, 1.82) is 0 Å². The highest BCUT2D eigenvalue weighted by atomic mass is 28.4. The summed E-state index contributed by atoms with van der Waals surface area (Å²) in [6.45, 7) is 11.5. The van der Waals surface area contributed by atoms with Gasteiger partial charge in [0.25, 0.3) is 8.32 Å². The van der Waals surface area contributed by atoms with Crippen LogP contribution in [0.1, 0.15) is 50.0 Å². The SMILES string of the molecule is COCOc1cc(OC)cc(/C=C/C(=O)O[Si](C)(C)C(C)(C)C)c1C(=O)O[C@@H](C)CC=O. The Balaban J connectivity index is 3.37. The van der Waals surface area contributed by atoms with Gasteiger partial charge in [-0.05, 0) is 42.8 Å². The van der Waals surface area contributed by atoms with Gasteiger partial charge in [0.05, 0.1) is 7.11 Å². The predicted octanol–water partition coefficient (Wildman–Crippen LogP) is 4.37. The molecule has 0 fully saturated rings. The minimum absolute atomic E-state index is 0.0557. The first-order valence-electron chi connectivity index (χ1n) is 10.3. The van der Waals surface area contributed by atoms with Crippen molar-refractivity contribution >= 4 is 32.6 Å². The average molecular weight is 467 g/mol. The van der Waals surface area contributed by atoms with Crippen molar-refractivity contribution in [3.05, 3.63) is 29.3 Å². The molecule has 1 atom stereocenters. The Bertz CT molecular complexity index is 839. The van der Waals surface area contributed by atoms with Crippen LogP contribution in [0.4, 0.5) is 0 Å². The van der Waals surface area contributed by atoms with E-state index in [4.69, 9.17) is 23.4 Å². The van der Waals surface area contributed by atoms with Crippen LogP contribution in [0.2, 0.25) is 18.1 Å². The van der Waals surface area contributed by atoms with E-state index >= 15 is 0 Å². The van der Waals surface area contributed by atoms with E-state index < -0.39 is 26.4 Å². The third-order valence-electron chi connectivity index (χ3n) is 5.18.